The van der Waals surface area contributed by atoms with Crippen LogP contribution < -0.4 is 4.74 Å². The highest BCUT2D eigenvalue weighted by atomic mass is 19.1. The van der Waals surface area contributed by atoms with Gasteiger partial charge in [0.1, 0.15) is 11.9 Å². The molecule has 0 radical (unpaired) electrons. The zero-order valence-corrected chi connectivity index (χ0v) is 20.6. The first-order valence-electron chi connectivity index (χ1n) is 12.6. The Labute approximate surface area is 207 Å². The summed E-state index contributed by atoms with van der Waals surface area (Å²) >= 11 is 0. The molecule has 0 amide bonds. The highest BCUT2D eigenvalue weighted by molar-refractivity contribution is 5.85. The summed E-state index contributed by atoms with van der Waals surface area (Å²) in [4.78, 5) is 6.84. The van der Waals surface area contributed by atoms with Gasteiger partial charge in [-0.25, -0.2) is 4.39 Å². The summed E-state index contributed by atoms with van der Waals surface area (Å²) < 4.78 is 21.1. The van der Waals surface area contributed by atoms with E-state index in [9.17, 15) is 10.2 Å². The molecule has 1 aliphatic heterocycles. The van der Waals surface area contributed by atoms with E-state index in [1.54, 1.807) is 25.4 Å². The molecule has 188 valence electrons. The molecule has 5 nitrogen and oxygen atoms in total. The molecule has 35 heavy (non-hydrogen) atoms. The molecule has 2 aromatic carbocycles. The Hall–Kier alpha value is -2.54. The number of likely N-dealkylation sites (tertiary alicyclic amines) is 1. The lowest BCUT2D eigenvalue weighted by atomic mass is 9.74. The van der Waals surface area contributed by atoms with Crippen LogP contribution in [0.2, 0.25) is 0 Å². The lowest BCUT2D eigenvalue weighted by Crippen LogP contribution is -2.42. The minimum Gasteiger partial charge on any atom is -0.497 e. The third-order valence-corrected chi connectivity index (χ3v) is 7.65. The van der Waals surface area contributed by atoms with Crippen molar-refractivity contribution in [1.82, 2.24) is 9.88 Å². The highest BCUT2D eigenvalue weighted by Crippen LogP contribution is 2.41. The molecule has 0 spiro atoms. The first kappa shape index (κ1) is 25.5. The molecule has 2 heterocycles. The van der Waals surface area contributed by atoms with Gasteiger partial charge in [0.25, 0.3) is 0 Å². The molecule has 4 rings (SSSR count). The number of halogens is 1. The minimum absolute atomic E-state index is 0.0787. The van der Waals surface area contributed by atoms with Crippen molar-refractivity contribution in [2.75, 3.05) is 33.4 Å². The summed E-state index contributed by atoms with van der Waals surface area (Å²) in [6.07, 6.45) is 5.17. The summed E-state index contributed by atoms with van der Waals surface area (Å²) in [7, 11) is 1.58. The average molecular weight is 481 g/mol. The van der Waals surface area contributed by atoms with Crippen LogP contribution in [0.25, 0.3) is 10.9 Å². The monoisotopic (exact) mass is 480 g/mol. The number of aromatic nitrogens is 1. The van der Waals surface area contributed by atoms with Crippen LogP contribution in [0.5, 0.6) is 5.75 Å². The second kappa shape index (κ2) is 11.9. The number of aliphatic hydroxyl groups excluding tert-OH is 2. The number of ether oxygens (including phenoxy) is 1. The van der Waals surface area contributed by atoms with E-state index < -0.39 is 6.17 Å². The molecule has 1 fully saturated rings. The lowest BCUT2D eigenvalue weighted by molar-refractivity contribution is 0.0299. The molecule has 0 aliphatic carbocycles. The zero-order chi connectivity index (χ0) is 24.7. The Morgan fingerprint density at radius 2 is 1.89 bits per heavy atom. The van der Waals surface area contributed by atoms with Crippen LogP contribution in [-0.4, -0.2) is 53.4 Å². The van der Waals surface area contributed by atoms with Crippen molar-refractivity contribution in [2.24, 2.45) is 5.41 Å². The van der Waals surface area contributed by atoms with E-state index in [2.05, 4.69) is 34.1 Å². The molecule has 1 atom stereocenters. The molecular weight excluding hydrogens is 443 g/mol. The first-order chi connectivity index (χ1) is 17.1. The molecule has 1 aromatic heterocycles. The maximum absolute atomic E-state index is 15.7. The van der Waals surface area contributed by atoms with Crippen LogP contribution in [0.15, 0.2) is 54.7 Å². The number of nitrogens with zero attached hydrogens (tertiary/aromatic N) is 2. The SMILES string of the molecule is COc1ccc2ncc(CO)c([C@H](F)CCC3(CO)CCN(CCCc4ccccc4)CC3)c2c1. The quantitative estimate of drug-likeness (QED) is 0.393. The number of hydrogen-bond donors (Lipinski definition) is 2. The lowest BCUT2D eigenvalue weighted by Gasteiger charge is -2.41. The number of benzene rings is 2. The van der Waals surface area contributed by atoms with Crippen molar-refractivity contribution >= 4 is 10.9 Å². The zero-order valence-electron chi connectivity index (χ0n) is 20.6. The molecular formula is C29H37FN2O3. The molecule has 0 unspecified atom stereocenters. The molecule has 3 aromatic rings. The van der Waals surface area contributed by atoms with E-state index in [4.69, 9.17) is 4.74 Å². The number of rotatable bonds is 11. The Morgan fingerprint density at radius 1 is 1.11 bits per heavy atom. The maximum atomic E-state index is 15.7. The van der Waals surface area contributed by atoms with Crippen molar-refractivity contribution in [3.05, 3.63) is 71.4 Å². The van der Waals surface area contributed by atoms with E-state index in [0.29, 0.717) is 40.6 Å². The Balaban J connectivity index is 1.36. The van der Waals surface area contributed by atoms with E-state index in [-0.39, 0.29) is 18.6 Å². The number of aryl methyl sites for hydroxylation is 1. The van der Waals surface area contributed by atoms with Crippen LogP contribution in [0.1, 0.15) is 55.0 Å². The molecule has 0 bridgehead atoms. The summed E-state index contributed by atoms with van der Waals surface area (Å²) in [5.41, 5.74) is 2.79. The van der Waals surface area contributed by atoms with Crippen LogP contribution in [0, 0.1) is 5.41 Å². The van der Waals surface area contributed by atoms with Gasteiger partial charge >= 0.3 is 0 Å². The van der Waals surface area contributed by atoms with Crippen molar-refractivity contribution < 1.29 is 19.3 Å². The summed E-state index contributed by atoms with van der Waals surface area (Å²) in [6, 6.07) is 16.0. The normalized spacial score (nSPS) is 16.9. The minimum atomic E-state index is -1.25. The Bertz CT molecular complexity index is 1080. The van der Waals surface area contributed by atoms with Gasteiger partial charge in [-0.05, 0) is 87.3 Å². The van der Waals surface area contributed by atoms with Crippen LogP contribution >= 0.6 is 0 Å². The largest absolute Gasteiger partial charge is 0.497 e. The summed E-state index contributed by atoms with van der Waals surface area (Å²) in [5, 5.41) is 20.8. The van der Waals surface area contributed by atoms with Gasteiger partial charge in [-0.3, -0.25) is 4.98 Å². The molecule has 0 saturated carbocycles. The molecule has 1 aliphatic rings. The predicted molar refractivity (Wildman–Crippen MR) is 137 cm³/mol. The fourth-order valence-electron chi connectivity index (χ4n) is 5.32. The molecule has 2 N–H and O–H groups in total. The number of alkyl halides is 1. The van der Waals surface area contributed by atoms with Gasteiger partial charge in [-0.1, -0.05) is 30.3 Å². The van der Waals surface area contributed by atoms with E-state index in [1.165, 1.54) is 5.56 Å². The van der Waals surface area contributed by atoms with E-state index >= 15 is 4.39 Å². The summed E-state index contributed by atoms with van der Waals surface area (Å²) in [6.45, 7) is 2.73. The highest BCUT2D eigenvalue weighted by Gasteiger charge is 2.35. The average Bonchev–Trinajstić information content (AvgIpc) is 2.92. The van der Waals surface area contributed by atoms with Gasteiger partial charge in [0, 0.05) is 29.3 Å². The first-order valence-corrected chi connectivity index (χ1v) is 12.6. The van der Waals surface area contributed by atoms with Gasteiger partial charge in [0.2, 0.25) is 0 Å². The Morgan fingerprint density at radius 3 is 2.57 bits per heavy atom. The topological polar surface area (TPSA) is 65.8 Å². The summed E-state index contributed by atoms with van der Waals surface area (Å²) in [5.74, 6) is 0.634. The van der Waals surface area contributed by atoms with E-state index in [0.717, 1.165) is 45.3 Å². The number of aliphatic hydroxyl groups is 2. The Kier molecular flexibility index (Phi) is 8.71. The van der Waals surface area contributed by atoms with Crippen molar-refractivity contribution in [3.63, 3.8) is 0 Å². The van der Waals surface area contributed by atoms with Gasteiger partial charge in [0.15, 0.2) is 0 Å². The van der Waals surface area contributed by atoms with Crippen LogP contribution in [0.3, 0.4) is 0 Å². The third kappa shape index (κ3) is 6.18. The number of hydrogen-bond acceptors (Lipinski definition) is 5. The van der Waals surface area contributed by atoms with Gasteiger partial charge < -0.3 is 19.8 Å². The van der Waals surface area contributed by atoms with Crippen LogP contribution in [-0.2, 0) is 13.0 Å². The second-order valence-electron chi connectivity index (χ2n) is 9.83. The number of methoxy groups -OCH3 is 1. The van der Waals surface area contributed by atoms with Crippen molar-refractivity contribution in [2.45, 2.75) is 51.3 Å². The molecule has 1 saturated heterocycles. The fraction of sp³-hybridized carbons (Fsp3) is 0.483. The third-order valence-electron chi connectivity index (χ3n) is 7.65. The fourth-order valence-corrected chi connectivity index (χ4v) is 5.32. The van der Waals surface area contributed by atoms with Gasteiger partial charge in [0.05, 0.1) is 19.2 Å². The standard InChI is InChI=1S/C29H37FN2O3/c1-35-24-9-10-27-25(18-24)28(23(20-33)19-31-27)26(30)11-12-29(21-34)13-16-32(17-14-29)15-5-8-22-6-3-2-4-7-22/h2-4,6-7,9-10,18-19,26,33-34H,5,8,11-17,20-21H2,1H3/t26-/m1/s1. The maximum Gasteiger partial charge on any atom is 0.126 e. The number of pyridine rings is 1. The van der Waals surface area contributed by atoms with Gasteiger partial charge in [-0.2, -0.15) is 0 Å². The molecule has 6 heteroatoms. The van der Waals surface area contributed by atoms with Crippen molar-refractivity contribution in [3.8, 4) is 5.75 Å². The van der Waals surface area contributed by atoms with Crippen molar-refractivity contribution in [1.29, 1.82) is 0 Å². The van der Waals surface area contributed by atoms with E-state index in [1.807, 2.05) is 12.1 Å². The van der Waals surface area contributed by atoms with Crippen LogP contribution in [0.4, 0.5) is 4.39 Å². The second-order valence-corrected chi connectivity index (χ2v) is 9.83. The predicted octanol–water partition coefficient (Wildman–Crippen LogP) is 5.23. The smallest absolute Gasteiger partial charge is 0.126 e. The van der Waals surface area contributed by atoms with Gasteiger partial charge in [-0.15, -0.1) is 0 Å². The number of fused-ring (bicyclic) bond motifs is 1. The number of piperidine rings is 1.